The Morgan fingerprint density at radius 2 is 1.77 bits per heavy atom. The van der Waals surface area contributed by atoms with E-state index in [0.717, 1.165) is 19.1 Å². The molecule has 1 fully saturated rings. The number of fused-ring (bicyclic) bond motifs is 1. The molecule has 0 radical (unpaired) electrons. The smallest absolute Gasteiger partial charge is 0.263 e. The molecule has 160 valence electrons. The maximum atomic E-state index is 13.0. The van der Waals surface area contributed by atoms with E-state index in [0.29, 0.717) is 31.2 Å². The molecule has 1 atom stereocenters. The molecule has 0 spiro atoms. The van der Waals surface area contributed by atoms with Gasteiger partial charge >= 0.3 is 0 Å². The second-order valence-electron chi connectivity index (χ2n) is 7.84. The Morgan fingerprint density at radius 3 is 2.47 bits per heavy atom. The van der Waals surface area contributed by atoms with Crippen LogP contribution in [-0.2, 0) is 25.0 Å². The number of nitrogens with one attached hydrogen (secondary N) is 1. The summed E-state index contributed by atoms with van der Waals surface area (Å²) >= 11 is 0. The fourth-order valence-corrected chi connectivity index (χ4v) is 5.06. The van der Waals surface area contributed by atoms with E-state index in [1.54, 1.807) is 24.3 Å². The second kappa shape index (κ2) is 8.28. The minimum atomic E-state index is -3.54. The van der Waals surface area contributed by atoms with Crippen molar-refractivity contribution in [3.05, 3.63) is 60.2 Å². The number of rotatable bonds is 5. The maximum Gasteiger partial charge on any atom is 0.263 e. The third kappa shape index (κ3) is 4.15. The molecule has 2 aromatic carbocycles. The number of hydrogen-bond acceptors (Lipinski definition) is 5. The Labute approximate surface area is 177 Å². The lowest BCUT2D eigenvalue weighted by atomic mass is 9.74. The lowest BCUT2D eigenvalue weighted by Crippen LogP contribution is -2.53. The number of para-hydroxylation sites is 2. The van der Waals surface area contributed by atoms with Gasteiger partial charge < -0.3 is 14.8 Å². The van der Waals surface area contributed by atoms with E-state index in [1.165, 1.54) is 9.87 Å². The normalized spacial score (nSPS) is 20.7. The summed E-state index contributed by atoms with van der Waals surface area (Å²) < 4.78 is 37.2. The summed E-state index contributed by atoms with van der Waals surface area (Å²) in [5.41, 5.74) is 1.41. The molecule has 2 aliphatic rings. The molecule has 1 amide bonds. The average molecular weight is 431 g/mol. The topological polar surface area (TPSA) is 84.9 Å². The minimum Gasteiger partial charge on any atom is -0.476 e. The van der Waals surface area contributed by atoms with Crippen LogP contribution in [0.25, 0.3) is 0 Å². The summed E-state index contributed by atoms with van der Waals surface area (Å²) in [5.74, 6) is 0.0677. The third-order valence-electron chi connectivity index (χ3n) is 5.86. The van der Waals surface area contributed by atoms with Gasteiger partial charge in [0.05, 0.1) is 18.5 Å². The highest BCUT2D eigenvalue weighted by molar-refractivity contribution is 7.92. The lowest BCUT2D eigenvalue weighted by Gasteiger charge is -2.39. The standard InChI is InChI=1S/C22H26N2O5S/c1-30(26,27)24-15-20(29-19-10-6-5-9-18(19)24)21(25)23-16-22(11-13-28-14-12-22)17-7-3-2-4-8-17/h2-10,20H,11-16H2,1H3,(H,23,25)/t20-/m1/s1. The van der Waals surface area contributed by atoms with Gasteiger partial charge in [-0.15, -0.1) is 0 Å². The van der Waals surface area contributed by atoms with E-state index in [4.69, 9.17) is 9.47 Å². The van der Waals surface area contributed by atoms with Crippen LogP contribution in [0.1, 0.15) is 18.4 Å². The van der Waals surface area contributed by atoms with Crippen LogP contribution in [0.15, 0.2) is 54.6 Å². The third-order valence-corrected chi connectivity index (χ3v) is 7.01. The van der Waals surface area contributed by atoms with Gasteiger partial charge in [-0.2, -0.15) is 0 Å². The molecule has 0 aromatic heterocycles. The van der Waals surface area contributed by atoms with Crippen molar-refractivity contribution in [1.82, 2.24) is 5.32 Å². The van der Waals surface area contributed by atoms with Gasteiger partial charge in [0, 0.05) is 25.2 Å². The van der Waals surface area contributed by atoms with Gasteiger partial charge in [0.25, 0.3) is 5.91 Å². The highest BCUT2D eigenvalue weighted by Crippen LogP contribution is 2.36. The van der Waals surface area contributed by atoms with Crippen LogP contribution in [-0.4, -0.2) is 53.0 Å². The molecule has 2 aromatic rings. The van der Waals surface area contributed by atoms with Crippen molar-refractivity contribution in [3.63, 3.8) is 0 Å². The highest BCUT2D eigenvalue weighted by atomic mass is 32.2. The molecule has 4 rings (SSSR count). The van der Waals surface area contributed by atoms with E-state index >= 15 is 0 Å². The monoisotopic (exact) mass is 430 g/mol. The quantitative estimate of drug-likeness (QED) is 0.785. The van der Waals surface area contributed by atoms with Gasteiger partial charge in [-0.3, -0.25) is 9.10 Å². The molecular weight excluding hydrogens is 404 g/mol. The Hall–Kier alpha value is -2.58. The fraction of sp³-hybridized carbons (Fsp3) is 0.409. The zero-order chi connectivity index (χ0) is 21.2. The summed E-state index contributed by atoms with van der Waals surface area (Å²) in [7, 11) is -3.54. The highest BCUT2D eigenvalue weighted by Gasteiger charge is 2.38. The molecule has 0 bridgehead atoms. The van der Waals surface area contributed by atoms with Crippen molar-refractivity contribution in [1.29, 1.82) is 0 Å². The number of carbonyl (C=O) groups is 1. The second-order valence-corrected chi connectivity index (χ2v) is 9.75. The molecule has 0 aliphatic carbocycles. The number of hydrogen-bond donors (Lipinski definition) is 1. The predicted molar refractivity (Wildman–Crippen MR) is 114 cm³/mol. The Morgan fingerprint density at radius 1 is 1.10 bits per heavy atom. The molecule has 2 heterocycles. The zero-order valence-electron chi connectivity index (χ0n) is 16.9. The van der Waals surface area contributed by atoms with Crippen molar-refractivity contribution >= 4 is 21.6 Å². The van der Waals surface area contributed by atoms with Gasteiger partial charge in [-0.25, -0.2) is 8.42 Å². The van der Waals surface area contributed by atoms with Crippen LogP contribution in [0, 0.1) is 0 Å². The molecule has 1 N–H and O–H groups in total. The number of carbonyl (C=O) groups excluding carboxylic acids is 1. The SMILES string of the molecule is CS(=O)(=O)N1C[C@H](C(=O)NCC2(c3ccccc3)CCOCC2)Oc2ccccc21. The first-order valence-corrected chi connectivity index (χ1v) is 11.9. The van der Waals surface area contributed by atoms with Crippen molar-refractivity contribution in [2.24, 2.45) is 0 Å². The van der Waals surface area contributed by atoms with Crippen molar-refractivity contribution in [2.45, 2.75) is 24.4 Å². The average Bonchev–Trinajstić information content (AvgIpc) is 2.77. The molecule has 8 heteroatoms. The van der Waals surface area contributed by atoms with Crippen LogP contribution in [0.4, 0.5) is 5.69 Å². The Balaban J connectivity index is 1.52. The molecule has 2 aliphatic heterocycles. The fourth-order valence-electron chi connectivity index (χ4n) is 4.14. The summed E-state index contributed by atoms with van der Waals surface area (Å²) in [5, 5.41) is 3.02. The largest absolute Gasteiger partial charge is 0.476 e. The van der Waals surface area contributed by atoms with Gasteiger partial charge in [0.15, 0.2) is 6.10 Å². The van der Waals surface area contributed by atoms with E-state index in [1.807, 2.05) is 18.2 Å². The molecular formula is C22H26N2O5S. The Kier molecular flexibility index (Phi) is 5.71. The summed E-state index contributed by atoms with van der Waals surface area (Å²) in [4.78, 5) is 13.0. The minimum absolute atomic E-state index is 0.0525. The number of sulfonamides is 1. The number of amides is 1. The van der Waals surface area contributed by atoms with E-state index in [9.17, 15) is 13.2 Å². The van der Waals surface area contributed by atoms with Gasteiger partial charge in [0.1, 0.15) is 5.75 Å². The first kappa shape index (κ1) is 20.7. The van der Waals surface area contributed by atoms with Crippen molar-refractivity contribution < 1.29 is 22.7 Å². The summed E-state index contributed by atoms with van der Waals surface area (Å²) in [6.07, 6.45) is 1.83. The zero-order valence-corrected chi connectivity index (χ0v) is 17.7. The van der Waals surface area contributed by atoms with Crippen molar-refractivity contribution in [2.75, 3.05) is 36.9 Å². The maximum absolute atomic E-state index is 13.0. The van der Waals surface area contributed by atoms with Crippen LogP contribution >= 0.6 is 0 Å². The summed E-state index contributed by atoms with van der Waals surface area (Å²) in [6, 6.07) is 17.0. The molecule has 30 heavy (non-hydrogen) atoms. The van der Waals surface area contributed by atoms with E-state index in [-0.39, 0.29) is 17.9 Å². The van der Waals surface area contributed by atoms with Crippen LogP contribution in [0.2, 0.25) is 0 Å². The van der Waals surface area contributed by atoms with Crippen molar-refractivity contribution in [3.8, 4) is 5.75 Å². The van der Waals surface area contributed by atoms with Crippen LogP contribution in [0.5, 0.6) is 5.75 Å². The lowest BCUT2D eigenvalue weighted by molar-refractivity contribution is -0.128. The molecule has 0 unspecified atom stereocenters. The van der Waals surface area contributed by atoms with Gasteiger partial charge in [-0.05, 0) is 30.5 Å². The Bertz CT molecular complexity index is 1000. The molecule has 1 saturated heterocycles. The van der Waals surface area contributed by atoms with E-state index < -0.39 is 16.1 Å². The molecule has 7 nitrogen and oxygen atoms in total. The first-order valence-electron chi connectivity index (χ1n) is 10.0. The van der Waals surface area contributed by atoms with Gasteiger partial charge in [-0.1, -0.05) is 42.5 Å². The number of anilines is 1. The van der Waals surface area contributed by atoms with Crippen LogP contribution in [0.3, 0.4) is 0 Å². The predicted octanol–water partition coefficient (Wildman–Crippen LogP) is 2.08. The number of nitrogens with zero attached hydrogens (tertiary/aromatic N) is 1. The van der Waals surface area contributed by atoms with Crippen LogP contribution < -0.4 is 14.4 Å². The number of ether oxygens (including phenoxy) is 2. The van der Waals surface area contributed by atoms with E-state index in [2.05, 4.69) is 17.4 Å². The molecule has 0 saturated carbocycles. The number of benzene rings is 2. The first-order chi connectivity index (χ1) is 14.4. The summed E-state index contributed by atoms with van der Waals surface area (Å²) in [6.45, 7) is 1.67. The van der Waals surface area contributed by atoms with Gasteiger partial charge in [0.2, 0.25) is 10.0 Å².